The molecule has 1 aromatic heterocycles. The van der Waals surface area contributed by atoms with Crippen molar-refractivity contribution in [1.82, 2.24) is 10.3 Å². The van der Waals surface area contributed by atoms with Crippen molar-refractivity contribution in [3.05, 3.63) is 40.4 Å². The van der Waals surface area contributed by atoms with E-state index in [0.717, 1.165) is 25.0 Å². The van der Waals surface area contributed by atoms with Gasteiger partial charge in [0.25, 0.3) is 5.91 Å². The zero-order chi connectivity index (χ0) is 15.5. The molecule has 5 nitrogen and oxygen atoms in total. The Kier molecular flexibility index (Phi) is 4.29. The van der Waals surface area contributed by atoms with Gasteiger partial charge in [0.2, 0.25) is 0 Å². The van der Waals surface area contributed by atoms with E-state index < -0.39 is 0 Å². The van der Waals surface area contributed by atoms with Crippen LogP contribution in [-0.2, 0) is 17.6 Å². The SMILES string of the molecule is Cc1ccc(OCC(=O)NC2CCc3nc(N)sc3C2)cc1. The van der Waals surface area contributed by atoms with Crippen molar-refractivity contribution in [1.29, 1.82) is 0 Å². The van der Waals surface area contributed by atoms with Gasteiger partial charge in [-0.1, -0.05) is 17.7 Å². The summed E-state index contributed by atoms with van der Waals surface area (Å²) in [5, 5.41) is 3.64. The molecule has 1 aromatic carbocycles. The lowest BCUT2D eigenvalue weighted by Gasteiger charge is -2.22. The van der Waals surface area contributed by atoms with Gasteiger partial charge in [0.1, 0.15) is 5.75 Å². The highest BCUT2D eigenvalue weighted by molar-refractivity contribution is 7.15. The van der Waals surface area contributed by atoms with Gasteiger partial charge in [-0.05, 0) is 31.9 Å². The van der Waals surface area contributed by atoms with Crippen molar-refractivity contribution in [2.24, 2.45) is 0 Å². The molecule has 0 bridgehead atoms. The molecule has 3 N–H and O–H groups in total. The molecule has 22 heavy (non-hydrogen) atoms. The first-order chi connectivity index (χ1) is 10.6. The van der Waals surface area contributed by atoms with Crippen molar-refractivity contribution in [3.63, 3.8) is 0 Å². The number of nitrogen functional groups attached to an aromatic ring is 1. The third-order valence-corrected chi connectivity index (χ3v) is 4.66. The van der Waals surface area contributed by atoms with E-state index in [4.69, 9.17) is 10.5 Å². The average molecular weight is 317 g/mol. The lowest BCUT2D eigenvalue weighted by atomic mass is 9.98. The van der Waals surface area contributed by atoms with Gasteiger partial charge in [-0.15, -0.1) is 11.3 Å². The molecule has 3 rings (SSSR count). The third kappa shape index (κ3) is 3.57. The first kappa shape index (κ1) is 14.8. The number of anilines is 1. The molecular formula is C16H19N3O2S. The summed E-state index contributed by atoms with van der Waals surface area (Å²) in [5.74, 6) is 0.619. The maximum Gasteiger partial charge on any atom is 0.258 e. The van der Waals surface area contributed by atoms with Gasteiger partial charge in [-0.25, -0.2) is 4.98 Å². The van der Waals surface area contributed by atoms with E-state index in [0.29, 0.717) is 10.9 Å². The molecule has 1 atom stereocenters. The molecule has 1 unspecified atom stereocenters. The number of thiazole rings is 1. The number of carbonyl (C=O) groups is 1. The molecule has 1 aliphatic rings. The fourth-order valence-corrected chi connectivity index (χ4v) is 3.53. The van der Waals surface area contributed by atoms with Gasteiger partial charge >= 0.3 is 0 Å². The van der Waals surface area contributed by atoms with E-state index >= 15 is 0 Å². The van der Waals surface area contributed by atoms with Gasteiger partial charge in [0, 0.05) is 17.3 Å². The molecule has 0 saturated carbocycles. The number of aryl methyl sites for hydroxylation is 2. The van der Waals surface area contributed by atoms with Crippen molar-refractivity contribution in [2.75, 3.05) is 12.3 Å². The predicted molar refractivity (Wildman–Crippen MR) is 87.2 cm³/mol. The Hall–Kier alpha value is -2.08. The molecule has 0 radical (unpaired) electrons. The maximum absolute atomic E-state index is 12.0. The molecule has 0 aliphatic heterocycles. The minimum absolute atomic E-state index is 0.0389. The van der Waals surface area contributed by atoms with Crippen LogP contribution in [0.15, 0.2) is 24.3 Å². The van der Waals surface area contributed by atoms with Gasteiger partial charge < -0.3 is 15.8 Å². The van der Waals surface area contributed by atoms with Crippen LogP contribution in [0.3, 0.4) is 0 Å². The number of aromatic nitrogens is 1. The topological polar surface area (TPSA) is 77.2 Å². The van der Waals surface area contributed by atoms with Gasteiger partial charge in [-0.2, -0.15) is 0 Å². The first-order valence-electron chi connectivity index (χ1n) is 7.33. The Morgan fingerprint density at radius 1 is 1.45 bits per heavy atom. The number of rotatable bonds is 4. The highest BCUT2D eigenvalue weighted by Crippen LogP contribution is 2.28. The first-order valence-corrected chi connectivity index (χ1v) is 8.14. The Balaban J connectivity index is 1.49. The van der Waals surface area contributed by atoms with Crippen LogP contribution in [0.25, 0.3) is 0 Å². The molecule has 1 aliphatic carbocycles. The number of nitrogens with two attached hydrogens (primary N) is 1. The fourth-order valence-electron chi connectivity index (χ4n) is 2.57. The normalized spacial score (nSPS) is 16.9. The number of nitrogens with one attached hydrogen (secondary N) is 1. The standard InChI is InChI=1S/C16H19N3O2S/c1-10-2-5-12(6-3-10)21-9-15(20)18-11-4-7-13-14(8-11)22-16(17)19-13/h2-3,5-6,11H,4,7-9H2,1H3,(H2,17,19)(H,18,20). The second-order valence-corrected chi connectivity index (χ2v) is 6.65. The van der Waals surface area contributed by atoms with Crippen LogP contribution in [0.2, 0.25) is 0 Å². The summed E-state index contributed by atoms with van der Waals surface area (Å²) in [4.78, 5) is 17.5. The van der Waals surface area contributed by atoms with Crippen molar-refractivity contribution in [2.45, 2.75) is 32.2 Å². The molecule has 0 fully saturated rings. The van der Waals surface area contributed by atoms with Crippen LogP contribution >= 0.6 is 11.3 Å². The molecule has 0 spiro atoms. The number of ether oxygens (including phenoxy) is 1. The van der Waals surface area contributed by atoms with Crippen LogP contribution in [0.1, 0.15) is 22.6 Å². The second-order valence-electron chi connectivity index (χ2n) is 5.53. The Morgan fingerprint density at radius 3 is 3.00 bits per heavy atom. The Bertz CT molecular complexity index is 667. The lowest BCUT2D eigenvalue weighted by molar-refractivity contribution is -0.123. The Labute approximate surface area is 133 Å². The zero-order valence-electron chi connectivity index (χ0n) is 12.5. The van der Waals surface area contributed by atoms with Crippen LogP contribution in [-0.4, -0.2) is 23.5 Å². The lowest BCUT2D eigenvalue weighted by Crippen LogP contribution is -2.40. The number of hydrogen-bond donors (Lipinski definition) is 2. The smallest absolute Gasteiger partial charge is 0.258 e. The number of hydrogen-bond acceptors (Lipinski definition) is 5. The number of amides is 1. The third-order valence-electron chi connectivity index (χ3n) is 3.71. The van der Waals surface area contributed by atoms with Crippen LogP contribution in [0.5, 0.6) is 5.75 Å². The average Bonchev–Trinajstić information content (AvgIpc) is 2.86. The zero-order valence-corrected chi connectivity index (χ0v) is 13.3. The summed E-state index contributed by atoms with van der Waals surface area (Å²) in [6.07, 6.45) is 2.57. The minimum Gasteiger partial charge on any atom is -0.484 e. The van der Waals surface area contributed by atoms with Crippen molar-refractivity contribution < 1.29 is 9.53 Å². The van der Waals surface area contributed by atoms with Gasteiger partial charge in [-0.3, -0.25) is 4.79 Å². The van der Waals surface area contributed by atoms with Gasteiger partial charge in [0.15, 0.2) is 11.7 Å². The molecule has 0 saturated heterocycles. The highest BCUT2D eigenvalue weighted by atomic mass is 32.1. The molecule has 1 heterocycles. The summed E-state index contributed by atoms with van der Waals surface area (Å²) < 4.78 is 5.50. The second kappa shape index (κ2) is 6.36. The van der Waals surface area contributed by atoms with Crippen molar-refractivity contribution in [3.8, 4) is 5.75 Å². The number of fused-ring (bicyclic) bond motifs is 1. The fraction of sp³-hybridized carbons (Fsp3) is 0.375. The molecule has 116 valence electrons. The van der Waals surface area contributed by atoms with E-state index in [2.05, 4.69) is 10.3 Å². The largest absolute Gasteiger partial charge is 0.484 e. The minimum atomic E-state index is -0.0912. The van der Waals surface area contributed by atoms with E-state index in [1.807, 2.05) is 31.2 Å². The number of carbonyl (C=O) groups excluding carboxylic acids is 1. The molecule has 1 amide bonds. The van der Waals surface area contributed by atoms with Crippen LogP contribution in [0.4, 0.5) is 5.13 Å². The maximum atomic E-state index is 12.0. The summed E-state index contributed by atoms with van der Waals surface area (Å²) in [7, 11) is 0. The summed E-state index contributed by atoms with van der Waals surface area (Å²) in [5.41, 5.74) is 7.98. The predicted octanol–water partition coefficient (Wildman–Crippen LogP) is 2.09. The number of nitrogens with zero attached hydrogens (tertiary/aromatic N) is 1. The molecule has 2 aromatic rings. The molecule has 6 heteroatoms. The highest BCUT2D eigenvalue weighted by Gasteiger charge is 2.23. The number of benzene rings is 1. The van der Waals surface area contributed by atoms with Crippen LogP contribution < -0.4 is 15.8 Å². The Morgan fingerprint density at radius 2 is 2.23 bits per heavy atom. The summed E-state index contributed by atoms with van der Waals surface area (Å²) in [6, 6.07) is 7.81. The van der Waals surface area contributed by atoms with E-state index in [1.54, 1.807) is 0 Å². The monoisotopic (exact) mass is 317 g/mol. The summed E-state index contributed by atoms with van der Waals surface area (Å²) >= 11 is 1.52. The van der Waals surface area contributed by atoms with Gasteiger partial charge in [0.05, 0.1) is 5.69 Å². The van der Waals surface area contributed by atoms with E-state index in [-0.39, 0.29) is 18.6 Å². The van der Waals surface area contributed by atoms with Crippen LogP contribution in [0, 0.1) is 6.92 Å². The van der Waals surface area contributed by atoms with E-state index in [1.165, 1.54) is 21.8 Å². The molecular weight excluding hydrogens is 298 g/mol. The van der Waals surface area contributed by atoms with E-state index in [9.17, 15) is 4.79 Å². The quantitative estimate of drug-likeness (QED) is 0.905. The van der Waals surface area contributed by atoms with Crippen molar-refractivity contribution >= 4 is 22.4 Å². The summed E-state index contributed by atoms with van der Waals surface area (Å²) in [6.45, 7) is 2.05.